The van der Waals surface area contributed by atoms with Crippen LogP contribution in [0.15, 0.2) is 18.2 Å². The first kappa shape index (κ1) is 16.3. The first-order chi connectivity index (χ1) is 10.8. The van der Waals surface area contributed by atoms with E-state index in [0.717, 1.165) is 31.2 Å². The van der Waals surface area contributed by atoms with Gasteiger partial charge in [-0.1, -0.05) is 31.5 Å². The van der Waals surface area contributed by atoms with Crippen LogP contribution in [0.2, 0.25) is 0 Å². The lowest BCUT2D eigenvalue weighted by Gasteiger charge is -2.27. The Bertz CT molecular complexity index is 605. The fraction of sp³-hybridized carbons (Fsp3) is 0.632. The van der Waals surface area contributed by atoms with Crippen molar-refractivity contribution in [3.8, 4) is 0 Å². The topological polar surface area (TPSA) is 49.8 Å². The molecule has 23 heavy (non-hydrogen) atoms. The number of amides is 1. The fourth-order valence-corrected chi connectivity index (χ4v) is 3.82. The number of aliphatic hydroxyl groups excluding tert-OH is 1. The van der Waals surface area contributed by atoms with Gasteiger partial charge in [0.25, 0.3) is 0 Å². The van der Waals surface area contributed by atoms with Crippen LogP contribution in [0.3, 0.4) is 0 Å². The lowest BCUT2D eigenvalue weighted by molar-refractivity contribution is 0.0177. The quantitative estimate of drug-likeness (QED) is 0.883. The van der Waals surface area contributed by atoms with E-state index in [2.05, 4.69) is 19.1 Å². The average Bonchev–Trinajstić information content (AvgIpc) is 3.02. The van der Waals surface area contributed by atoms with E-state index in [4.69, 9.17) is 4.74 Å². The van der Waals surface area contributed by atoms with E-state index in [1.165, 1.54) is 11.1 Å². The van der Waals surface area contributed by atoms with Crippen LogP contribution in [0.25, 0.3) is 0 Å². The van der Waals surface area contributed by atoms with Gasteiger partial charge in [-0.3, -0.25) is 4.90 Å². The SMILES string of the molecule is CCCC(O)c1ccc2c(c1)C1CCC2N1C(=O)OC(C)(C)C. The first-order valence-electron chi connectivity index (χ1n) is 8.65. The summed E-state index contributed by atoms with van der Waals surface area (Å²) in [6.07, 6.45) is 3.05. The van der Waals surface area contributed by atoms with E-state index >= 15 is 0 Å². The Morgan fingerprint density at radius 1 is 1.30 bits per heavy atom. The maximum Gasteiger partial charge on any atom is 0.411 e. The molecule has 3 unspecified atom stereocenters. The van der Waals surface area contributed by atoms with Gasteiger partial charge in [0.2, 0.25) is 0 Å². The summed E-state index contributed by atoms with van der Waals surface area (Å²) in [7, 11) is 0. The van der Waals surface area contributed by atoms with Crippen LogP contribution in [-0.2, 0) is 4.74 Å². The van der Waals surface area contributed by atoms with Gasteiger partial charge in [0.15, 0.2) is 0 Å². The van der Waals surface area contributed by atoms with Crippen molar-refractivity contribution in [2.75, 3.05) is 0 Å². The Kier molecular flexibility index (Phi) is 4.13. The highest BCUT2D eigenvalue weighted by Crippen LogP contribution is 2.53. The van der Waals surface area contributed by atoms with E-state index in [1.54, 1.807) is 0 Å². The van der Waals surface area contributed by atoms with Gasteiger partial charge in [-0.25, -0.2) is 4.79 Å². The molecule has 1 fully saturated rings. The summed E-state index contributed by atoms with van der Waals surface area (Å²) in [5.74, 6) is 0. The molecule has 4 heteroatoms. The molecule has 0 radical (unpaired) electrons. The molecule has 1 aromatic carbocycles. The second-order valence-corrected chi connectivity index (χ2v) is 7.69. The van der Waals surface area contributed by atoms with Gasteiger partial charge < -0.3 is 9.84 Å². The largest absolute Gasteiger partial charge is 0.444 e. The zero-order valence-corrected chi connectivity index (χ0v) is 14.5. The number of carbonyl (C=O) groups excluding carboxylic acids is 1. The molecule has 2 heterocycles. The lowest BCUT2D eigenvalue weighted by atomic mass is 9.89. The molecule has 3 atom stereocenters. The van der Waals surface area contributed by atoms with E-state index in [-0.39, 0.29) is 18.2 Å². The summed E-state index contributed by atoms with van der Waals surface area (Å²) in [5.41, 5.74) is 2.90. The highest BCUT2D eigenvalue weighted by molar-refractivity contribution is 5.72. The maximum atomic E-state index is 12.6. The molecule has 0 aliphatic carbocycles. The summed E-state index contributed by atoms with van der Waals surface area (Å²) in [6, 6.07) is 6.41. The molecule has 0 saturated carbocycles. The van der Waals surface area contributed by atoms with E-state index < -0.39 is 11.7 Å². The molecule has 4 nitrogen and oxygen atoms in total. The van der Waals surface area contributed by atoms with Crippen LogP contribution in [0.1, 0.15) is 88.3 Å². The average molecular weight is 317 g/mol. The predicted octanol–water partition coefficient (Wildman–Crippen LogP) is 4.65. The van der Waals surface area contributed by atoms with Crippen molar-refractivity contribution < 1.29 is 14.6 Å². The number of carbonyl (C=O) groups is 1. The van der Waals surface area contributed by atoms with Crippen LogP contribution in [-0.4, -0.2) is 21.7 Å². The third kappa shape index (κ3) is 2.97. The van der Waals surface area contributed by atoms with Gasteiger partial charge in [0.1, 0.15) is 5.60 Å². The number of hydrogen-bond acceptors (Lipinski definition) is 3. The predicted molar refractivity (Wildman–Crippen MR) is 89.1 cm³/mol. The first-order valence-corrected chi connectivity index (χ1v) is 8.65. The molecule has 2 aliphatic rings. The molecule has 0 spiro atoms. The Morgan fingerprint density at radius 2 is 1.96 bits per heavy atom. The van der Waals surface area contributed by atoms with Crippen LogP contribution < -0.4 is 0 Å². The van der Waals surface area contributed by atoms with Gasteiger partial charge in [0.05, 0.1) is 18.2 Å². The van der Waals surface area contributed by atoms with Gasteiger partial charge >= 0.3 is 6.09 Å². The van der Waals surface area contributed by atoms with Gasteiger partial charge in [-0.2, -0.15) is 0 Å². The zero-order valence-electron chi connectivity index (χ0n) is 14.5. The molecular weight excluding hydrogens is 290 g/mol. The van der Waals surface area contributed by atoms with Crippen LogP contribution in [0.4, 0.5) is 4.79 Å². The van der Waals surface area contributed by atoms with Gasteiger partial charge in [-0.05, 0) is 56.7 Å². The maximum absolute atomic E-state index is 12.6. The number of hydrogen-bond donors (Lipinski definition) is 1. The van der Waals surface area contributed by atoms with Crippen molar-refractivity contribution in [2.24, 2.45) is 0 Å². The highest BCUT2D eigenvalue weighted by Gasteiger charge is 2.47. The summed E-state index contributed by atoms with van der Waals surface area (Å²) in [5, 5.41) is 10.2. The summed E-state index contributed by atoms with van der Waals surface area (Å²) >= 11 is 0. The van der Waals surface area contributed by atoms with Crippen molar-refractivity contribution in [3.63, 3.8) is 0 Å². The Hall–Kier alpha value is -1.55. The van der Waals surface area contributed by atoms with Crippen molar-refractivity contribution >= 4 is 6.09 Å². The standard InChI is InChI=1S/C19H27NO3/c1-5-6-17(21)12-7-8-13-14(11-12)16-10-9-15(13)20(16)18(22)23-19(2,3)4/h7-8,11,15-17,21H,5-6,9-10H2,1-4H3. The van der Waals surface area contributed by atoms with E-state index in [9.17, 15) is 9.90 Å². The minimum absolute atomic E-state index is 0.0960. The van der Waals surface area contributed by atoms with Crippen molar-refractivity contribution in [2.45, 2.75) is 77.2 Å². The molecule has 1 aromatic rings. The molecule has 1 saturated heterocycles. The van der Waals surface area contributed by atoms with Gasteiger partial charge in [-0.15, -0.1) is 0 Å². The van der Waals surface area contributed by atoms with E-state index in [0.29, 0.717) is 0 Å². The zero-order chi connectivity index (χ0) is 16.8. The normalized spacial score (nSPS) is 23.8. The second-order valence-electron chi connectivity index (χ2n) is 7.69. The van der Waals surface area contributed by atoms with Crippen LogP contribution >= 0.6 is 0 Å². The molecule has 3 rings (SSSR count). The number of nitrogens with zero attached hydrogens (tertiary/aromatic N) is 1. The number of ether oxygens (including phenoxy) is 1. The number of benzene rings is 1. The Morgan fingerprint density at radius 3 is 2.57 bits per heavy atom. The van der Waals surface area contributed by atoms with Gasteiger partial charge in [0, 0.05) is 0 Å². The number of aliphatic hydroxyl groups is 1. The molecule has 1 amide bonds. The number of fused-ring (bicyclic) bond motifs is 5. The molecule has 2 aliphatic heterocycles. The molecular formula is C19H27NO3. The van der Waals surface area contributed by atoms with Crippen LogP contribution in [0, 0.1) is 0 Å². The van der Waals surface area contributed by atoms with E-state index in [1.807, 2.05) is 31.7 Å². The van der Waals surface area contributed by atoms with Crippen molar-refractivity contribution in [1.82, 2.24) is 4.90 Å². The summed E-state index contributed by atoms with van der Waals surface area (Å²) in [4.78, 5) is 14.5. The summed E-state index contributed by atoms with van der Waals surface area (Å²) in [6.45, 7) is 7.77. The Labute approximate surface area is 138 Å². The smallest absolute Gasteiger partial charge is 0.411 e. The molecule has 0 aromatic heterocycles. The fourth-order valence-electron chi connectivity index (χ4n) is 3.82. The lowest BCUT2D eigenvalue weighted by Crippen LogP contribution is -2.34. The molecule has 2 bridgehead atoms. The number of rotatable bonds is 3. The molecule has 126 valence electrons. The third-order valence-electron chi connectivity index (χ3n) is 4.77. The van der Waals surface area contributed by atoms with Crippen molar-refractivity contribution in [1.29, 1.82) is 0 Å². The Balaban J connectivity index is 1.85. The third-order valence-corrected chi connectivity index (χ3v) is 4.77. The minimum atomic E-state index is -0.478. The highest BCUT2D eigenvalue weighted by atomic mass is 16.6. The van der Waals surface area contributed by atoms with Crippen molar-refractivity contribution in [3.05, 3.63) is 34.9 Å². The molecule has 1 N–H and O–H groups in total. The summed E-state index contributed by atoms with van der Waals surface area (Å²) < 4.78 is 5.59. The van der Waals surface area contributed by atoms with Crippen LogP contribution in [0.5, 0.6) is 0 Å². The second kappa shape index (κ2) is 5.82. The minimum Gasteiger partial charge on any atom is -0.444 e. The monoisotopic (exact) mass is 317 g/mol.